The number of pyridine rings is 2. The number of rotatable bonds is 4. The largest absolute Gasteiger partial charge is 0.379 e. The predicted molar refractivity (Wildman–Crippen MR) is 110 cm³/mol. The van der Waals surface area contributed by atoms with E-state index in [-0.39, 0.29) is 10.9 Å². The van der Waals surface area contributed by atoms with Gasteiger partial charge in [0.2, 0.25) is 0 Å². The number of carbonyl (C=O) groups excluding carboxylic acids is 1. The minimum absolute atomic E-state index is 0.267. The van der Waals surface area contributed by atoms with Crippen molar-refractivity contribution in [1.29, 1.82) is 0 Å². The van der Waals surface area contributed by atoms with Gasteiger partial charge in [0.1, 0.15) is 11.2 Å². The van der Waals surface area contributed by atoms with E-state index in [1.54, 1.807) is 12.1 Å². The van der Waals surface area contributed by atoms with Crippen LogP contribution >= 0.6 is 27.7 Å². The van der Waals surface area contributed by atoms with Gasteiger partial charge in [0.25, 0.3) is 12.3 Å². The number of hydrogen-bond acceptors (Lipinski definition) is 6. The van der Waals surface area contributed by atoms with Gasteiger partial charge in [0.05, 0.1) is 11.3 Å². The van der Waals surface area contributed by atoms with Crippen molar-refractivity contribution in [3.8, 4) is 0 Å². The van der Waals surface area contributed by atoms with Crippen molar-refractivity contribution < 1.29 is 13.6 Å². The topological polar surface area (TPSA) is 93.3 Å². The fourth-order valence-corrected chi connectivity index (χ4v) is 4.51. The lowest BCUT2D eigenvalue weighted by atomic mass is 9.91. The molecule has 2 atom stereocenters. The number of halogens is 3. The molecule has 0 fully saturated rings. The molecule has 1 amide bonds. The van der Waals surface area contributed by atoms with E-state index in [1.165, 1.54) is 30.2 Å². The maximum atomic E-state index is 13.3. The smallest absolute Gasteiger partial charge is 0.274 e. The van der Waals surface area contributed by atoms with E-state index in [0.717, 1.165) is 6.42 Å². The number of aliphatic imine (C=N–C) groups is 1. The van der Waals surface area contributed by atoms with Gasteiger partial charge in [-0.05, 0) is 47.5 Å². The molecule has 0 aliphatic carbocycles. The van der Waals surface area contributed by atoms with Crippen LogP contribution in [0.15, 0.2) is 40.1 Å². The highest BCUT2D eigenvalue weighted by atomic mass is 79.9. The SMILES string of the molecule is C[C@@H]1C[C@@](C)(c2cc(NC(=O)c3ncc(Br)cc3C(F)F)ccn2)N=C(N)S1. The number of amides is 1. The Morgan fingerprint density at radius 2 is 2.18 bits per heavy atom. The third-order valence-corrected chi connectivity index (χ3v) is 5.60. The Kier molecular flexibility index (Phi) is 5.99. The zero-order chi connectivity index (χ0) is 20.5. The van der Waals surface area contributed by atoms with Gasteiger partial charge in [-0.2, -0.15) is 0 Å². The second-order valence-electron chi connectivity index (χ2n) is 6.63. The van der Waals surface area contributed by atoms with Crippen LogP contribution in [0.3, 0.4) is 0 Å². The van der Waals surface area contributed by atoms with Crippen molar-refractivity contribution in [2.45, 2.75) is 37.5 Å². The molecule has 0 radical (unpaired) electrons. The molecule has 1 aliphatic heterocycles. The number of nitrogens with two attached hydrogens (primary N) is 1. The van der Waals surface area contributed by atoms with Crippen molar-refractivity contribution in [2.75, 3.05) is 5.32 Å². The predicted octanol–water partition coefficient (Wildman–Crippen LogP) is 4.48. The van der Waals surface area contributed by atoms with Crippen molar-refractivity contribution in [2.24, 2.45) is 10.7 Å². The quantitative estimate of drug-likeness (QED) is 0.687. The summed E-state index contributed by atoms with van der Waals surface area (Å²) >= 11 is 4.59. The molecule has 0 aromatic carbocycles. The van der Waals surface area contributed by atoms with E-state index in [4.69, 9.17) is 5.73 Å². The summed E-state index contributed by atoms with van der Waals surface area (Å²) in [6, 6.07) is 4.45. The third kappa shape index (κ3) is 4.49. The van der Waals surface area contributed by atoms with Gasteiger partial charge in [0.15, 0.2) is 5.17 Å². The van der Waals surface area contributed by atoms with Crippen molar-refractivity contribution >= 4 is 44.5 Å². The highest BCUT2D eigenvalue weighted by Crippen LogP contribution is 2.38. The van der Waals surface area contributed by atoms with Crippen LogP contribution in [0.25, 0.3) is 0 Å². The van der Waals surface area contributed by atoms with Crippen LogP contribution in [0.5, 0.6) is 0 Å². The molecule has 3 heterocycles. The summed E-state index contributed by atoms with van der Waals surface area (Å²) < 4.78 is 26.9. The number of alkyl halides is 2. The Morgan fingerprint density at radius 3 is 2.86 bits per heavy atom. The number of nitrogens with zero attached hydrogens (tertiary/aromatic N) is 3. The first-order valence-corrected chi connectivity index (χ1v) is 10.1. The summed E-state index contributed by atoms with van der Waals surface area (Å²) in [6.45, 7) is 3.98. The molecule has 6 nitrogen and oxygen atoms in total. The molecule has 148 valence electrons. The highest BCUT2D eigenvalue weighted by molar-refractivity contribution is 9.10. The summed E-state index contributed by atoms with van der Waals surface area (Å²) in [5.41, 5.74) is 5.58. The number of hydrogen-bond donors (Lipinski definition) is 2. The lowest BCUT2D eigenvalue weighted by Gasteiger charge is -2.32. The lowest BCUT2D eigenvalue weighted by Crippen LogP contribution is -2.33. The second-order valence-corrected chi connectivity index (χ2v) is 9.01. The van der Waals surface area contributed by atoms with Crippen molar-refractivity contribution in [3.05, 3.63) is 52.0 Å². The average Bonchev–Trinajstić information content (AvgIpc) is 2.60. The number of amidine groups is 1. The minimum atomic E-state index is -2.82. The number of carbonyl (C=O) groups is 1. The molecule has 0 saturated heterocycles. The number of nitrogens with one attached hydrogen (secondary N) is 1. The second kappa shape index (κ2) is 8.12. The Balaban J connectivity index is 1.88. The first-order valence-electron chi connectivity index (χ1n) is 8.41. The molecule has 3 rings (SSSR count). The van der Waals surface area contributed by atoms with E-state index in [1.807, 2.05) is 6.92 Å². The fourth-order valence-electron chi connectivity index (χ4n) is 3.09. The monoisotopic (exact) mass is 469 g/mol. The Bertz CT molecular complexity index is 942. The summed E-state index contributed by atoms with van der Waals surface area (Å²) in [6.07, 6.45) is 0.749. The Labute approximate surface area is 173 Å². The van der Waals surface area contributed by atoms with E-state index in [0.29, 0.717) is 21.0 Å². The van der Waals surface area contributed by atoms with Crippen LogP contribution in [0.4, 0.5) is 14.5 Å². The first kappa shape index (κ1) is 20.7. The first-order chi connectivity index (χ1) is 13.2. The number of aromatic nitrogens is 2. The molecule has 1 aliphatic rings. The molecule has 0 saturated carbocycles. The highest BCUT2D eigenvalue weighted by Gasteiger charge is 2.34. The molecule has 2 aromatic heterocycles. The van der Waals surface area contributed by atoms with Gasteiger partial charge < -0.3 is 11.1 Å². The fraction of sp³-hybridized carbons (Fsp3) is 0.333. The molecule has 10 heteroatoms. The van der Waals surface area contributed by atoms with E-state index in [2.05, 4.69) is 43.1 Å². The van der Waals surface area contributed by atoms with Crippen LogP contribution in [0.1, 0.15) is 48.4 Å². The van der Waals surface area contributed by atoms with Gasteiger partial charge in [-0.25, -0.2) is 18.8 Å². The summed E-state index contributed by atoms with van der Waals surface area (Å²) in [5.74, 6) is -0.722. The van der Waals surface area contributed by atoms with Crippen LogP contribution in [-0.4, -0.2) is 26.3 Å². The van der Waals surface area contributed by atoms with Crippen molar-refractivity contribution in [1.82, 2.24) is 9.97 Å². The molecule has 0 bridgehead atoms. The van der Waals surface area contributed by atoms with E-state index in [9.17, 15) is 13.6 Å². The van der Waals surface area contributed by atoms with Gasteiger partial charge in [-0.1, -0.05) is 18.7 Å². The Hall–Kier alpha value is -2.07. The maximum absolute atomic E-state index is 13.3. The minimum Gasteiger partial charge on any atom is -0.379 e. The van der Waals surface area contributed by atoms with Gasteiger partial charge >= 0.3 is 0 Å². The van der Waals surface area contributed by atoms with Gasteiger partial charge in [-0.15, -0.1) is 0 Å². The maximum Gasteiger partial charge on any atom is 0.274 e. The number of thioether (sulfide) groups is 1. The molecule has 2 aromatic rings. The summed E-state index contributed by atoms with van der Waals surface area (Å²) in [5, 5.41) is 3.37. The van der Waals surface area contributed by atoms with Crippen LogP contribution in [0, 0.1) is 0 Å². The molecule has 28 heavy (non-hydrogen) atoms. The van der Waals surface area contributed by atoms with Gasteiger partial charge in [-0.3, -0.25) is 9.78 Å². The summed E-state index contributed by atoms with van der Waals surface area (Å²) in [4.78, 5) is 25.3. The van der Waals surface area contributed by atoms with E-state index < -0.39 is 23.4 Å². The zero-order valence-corrected chi connectivity index (χ0v) is 17.5. The number of anilines is 1. The molecule has 0 spiro atoms. The third-order valence-electron chi connectivity index (χ3n) is 4.27. The zero-order valence-electron chi connectivity index (χ0n) is 15.1. The summed E-state index contributed by atoms with van der Waals surface area (Å²) in [7, 11) is 0. The average molecular weight is 470 g/mol. The molecule has 0 unspecified atom stereocenters. The van der Waals surface area contributed by atoms with Crippen LogP contribution in [-0.2, 0) is 5.54 Å². The Morgan fingerprint density at radius 1 is 1.43 bits per heavy atom. The lowest BCUT2D eigenvalue weighted by molar-refractivity contribution is 0.100. The van der Waals surface area contributed by atoms with Crippen molar-refractivity contribution in [3.63, 3.8) is 0 Å². The molecule has 3 N–H and O–H groups in total. The molecular formula is C18H18BrF2N5OS. The van der Waals surface area contributed by atoms with E-state index >= 15 is 0 Å². The molecular weight excluding hydrogens is 452 g/mol. The van der Waals surface area contributed by atoms with Crippen LogP contribution in [0.2, 0.25) is 0 Å². The van der Waals surface area contributed by atoms with Crippen LogP contribution < -0.4 is 11.1 Å². The normalized spacial score (nSPS) is 22.1. The van der Waals surface area contributed by atoms with Gasteiger partial charge in [0, 0.05) is 27.8 Å². The standard InChI is InChI=1S/C18H18BrF2N5OS/c1-9-7-18(2,26-17(22)28-9)13-6-11(3-4-23-13)25-16(27)14-12(15(20)21)5-10(19)8-24-14/h3-6,8-9,15H,7H2,1-2H3,(H2,22,26)(H,23,25,27)/t9-,18+/m1/s1.